The van der Waals surface area contributed by atoms with E-state index < -0.39 is 0 Å². The Labute approximate surface area is 126 Å². The average molecular weight is 336 g/mol. The van der Waals surface area contributed by atoms with Gasteiger partial charge in [-0.1, -0.05) is 28.1 Å². The smallest absolute Gasteiger partial charge is 0.167 e. The maximum atomic E-state index is 13.7. The zero-order chi connectivity index (χ0) is 14.7. The van der Waals surface area contributed by atoms with Gasteiger partial charge in [-0.15, -0.1) is 0 Å². The van der Waals surface area contributed by atoms with Gasteiger partial charge in [0.15, 0.2) is 5.78 Å². The van der Waals surface area contributed by atoms with Gasteiger partial charge >= 0.3 is 0 Å². The second kappa shape index (κ2) is 6.18. The number of hydrogen-bond acceptors (Lipinski definition) is 2. The molecular weight excluding hydrogens is 321 g/mol. The number of carbonyl (C=O) groups excluding carboxylic acids is 1. The molecule has 0 saturated carbocycles. The van der Waals surface area contributed by atoms with Crippen molar-refractivity contribution < 1.29 is 9.18 Å². The van der Waals surface area contributed by atoms with E-state index in [-0.39, 0.29) is 18.0 Å². The summed E-state index contributed by atoms with van der Waals surface area (Å²) in [6.45, 7) is 0. The van der Waals surface area contributed by atoms with Gasteiger partial charge in [0.2, 0.25) is 0 Å². The van der Waals surface area contributed by atoms with Crippen LogP contribution in [0.15, 0.2) is 46.9 Å². The normalized spacial score (nSPS) is 10.4. The van der Waals surface area contributed by atoms with Crippen LogP contribution in [0.4, 0.5) is 10.1 Å². The Hall–Kier alpha value is -1.68. The lowest BCUT2D eigenvalue weighted by atomic mass is 10.0. The molecule has 0 saturated heterocycles. The minimum atomic E-state index is -0.356. The van der Waals surface area contributed by atoms with E-state index in [1.807, 2.05) is 37.2 Å². The molecule has 2 nitrogen and oxygen atoms in total. The van der Waals surface area contributed by atoms with Crippen molar-refractivity contribution in [1.82, 2.24) is 0 Å². The fraction of sp³-hybridized carbons (Fsp3) is 0.188. The minimum absolute atomic E-state index is 0.0577. The number of benzene rings is 2. The Bertz CT molecular complexity index is 640. The van der Waals surface area contributed by atoms with E-state index in [1.165, 1.54) is 6.07 Å². The molecule has 20 heavy (non-hydrogen) atoms. The summed E-state index contributed by atoms with van der Waals surface area (Å²) >= 11 is 3.29. The number of halogens is 2. The van der Waals surface area contributed by atoms with E-state index >= 15 is 0 Å². The van der Waals surface area contributed by atoms with Crippen molar-refractivity contribution in [3.63, 3.8) is 0 Å². The highest BCUT2D eigenvalue weighted by molar-refractivity contribution is 9.10. The van der Waals surface area contributed by atoms with E-state index in [4.69, 9.17) is 0 Å². The Morgan fingerprint density at radius 2 is 1.95 bits per heavy atom. The summed E-state index contributed by atoms with van der Waals surface area (Å²) in [4.78, 5) is 14.2. The maximum Gasteiger partial charge on any atom is 0.167 e. The lowest BCUT2D eigenvalue weighted by Gasteiger charge is -2.13. The molecule has 0 aliphatic carbocycles. The van der Waals surface area contributed by atoms with Gasteiger partial charge in [-0.3, -0.25) is 4.79 Å². The molecule has 2 rings (SSSR count). The number of hydrogen-bond donors (Lipinski definition) is 0. The van der Waals surface area contributed by atoms with Crippen molar-refractivity contribution in [3.8, 4) is 0 Å². The molecule has 0 spiro atoms. The lowest BCUT2D eigenvalue weighted by Crippen LogP contribution is -2.11. The Kier molecular flexibility index (Phi) is 4.55. The molecule has 2 aromatic rings. The molecular formula is C16H15BrFNO. The number of carbonyl (C=O) groups is 1. The largest absolute Gasteiger partial charge is 0.378 e. The van der Waals surface area contributed by atoms with Crippen molar-refractivity contribution in [2.75, 3.05) is 19.0 Å². The van der Waals surface area contributed by atoms with Gasteiger partial charge in [-0.25, -0.2) is 4.39 Å². The first-order chi connectivity index (χ1) is 9.47. The number of Topliss-reactive ketones (excluding diaryl/α,β-unsaturated/α-hetero) is 1. The van der Waals surface area contributed by atoms with Crippen LogP contribution in [0.25, 0.3) is 0 Å². The molecule has 0 bridgehead atoms. The molecule has 0 aliphatic heterocycles. The topological polar surface area (TPSA) is 20.3 Å². The summed E-state index contributed by atoms with van der Waals surface area (Å²) in [5, 5.41) is 0. The van der Waals surface area contributed by atoms with Crippen LogP contribution in [-0.4, -0.2) is 19.9 Å². The Morgan fingerprint density at radius 1 is 1.20 bits per heavy atom. The number of ketones is 1. The fourth-order valence-corrected chi connectivity index (χ4v) is 2.32. The monoisotopic (exact) mass is 335 g/mol. The number of nitrogens with zero attached hydrogens (tertiary/aromatic N) is 1. The summed E-state index contributed by atoms with van der Waals surface area (Å²) < 4.78 is 14.4. The second-order valence-corrected chi connectivity index (χ2v) is 5.70. The van der Waals surface area contributed by atoms with E-state index in [9.17, 15) is 9.18 Å². The van der Waals surface area contributed by atoms with Crippen LogP contribution in [-0.2, 0) is 6.42 Å². The third-order valence-electron chi connectivity index (χ3n) is 3.04. The maximum absolute atomic E-state index is 13.7. The van der Waals surface area contributed by atoms with Crippen molar-refractivity contribution in [2.45, 2.75) is 6.42 Å². The first-order valence-corrected chi connectivity index (χ1v) is 7.01. The summed E-state index contributed by atoms with van der Waals surface area (Å²) in [6.07, 6.45) is 0.0577. The van der Waals surface area contributed by atoms with Crippen LogP contribution in [0.5, 0.6) is 0 Å². The highest BCUT2D eigenvalue weighted by Crippen LogP contribution is 2.19. The predicted octanol–water partition coefficient (Wildman–Crippen LogP) is 4.08. The van der Waals surface area contributed by atoms with Crippen LogP contribution in [0.1, 0.15) is 15.9 Å². The molecule has 0 amide bonds. The third-order valence-corrected chi connectivity index (χ3v) is 3.54. The first kappa shape index (κ1) is 14.7. The predicted molar refractivity (Wildman–Crippen MR) is 82.9 cm³/mol. The molecule has 2 aromatic carbocycles. The molecule has 0 atom stereocenters. The molecule has 0 aliphatic rings. The van der Waals surface area contributed by atoms with Gasteiger partial charge in [-0.05, 0) is 35.9 Å². The summed E-state index contributed by atoms with van der Waals surface area (Å²) in [7, 11) is 3.83. The summed E-state index contributed by atoms with van der Waals surface area (Å²) in [5.74, 6) is -0.448. The Balaban J connectivity index is 2.24. The van der Waals surface area contributed by atoms with Gasteiger partial charge in [-0.2, -0.15) is 0 Å². The zero-order valence-electron chi connectivity index (χ0n) is 11.4. The van der Waals surface area contributed by atoms with E-state index in [1.54, 1.807) is 18.2 Å². The molecule has 0 N–H and O–H groups in total. The van der Waals surface area contributed by atoms with E-state index in [0.29, 0.717) is 11.1 Å². The zero-order valence-corrected chi connectivity index (χ0v) is 12.9. The van der Waals surface area contributed by atoms with Crippen molar-refractivity contribution in [3.05, 3.63) is 63.9 Å². The molecule has 104 valence electrons. The van der Waals surface area contributed by atoms with Gasteiger partial charge in [0.1, 0.15) is 5.82 Å². The van der Waals surface area contributed by atoms with E-state index in [2.05, 4.69) is 15.9 Å². The van der Waals surface area contributed by atoms with E-state index in [0.717, 1.165) is 10.2 Å². The van der Waals surface area contributed by atoms with Crippen LogP contribution in [0.2, 0.25) is 0 Å². The number of anilines is 1. The number of rotatable bonds is 4. The SMILES string of the molecule is CN(C)c1cccc(C(=O)Cc2cc(Br)ccc2F)c1. The average Bonchev–Trinajstić information content (AvgIpc) is 2.43. The highest BCUT2D eigenvalue weighted by Gasteiger charge is 2.12. The molecule has 0 radical (unpaired) electrons. The minimum Gasteiger partial charge on any atom is -0.378 e. The third kappa shape index (κ3) is 3.45. The van der Waals surface area contributed by atoms with Gasteiger partial charge in [0.25, 0.3) is 0 Å². The summed E-state index contributed by atoms with van der Waals surface area (Å²) in [5.41, 5.74) is 1.95. The second-order valence-electron chi connectivity index (χ2n) is 4.78. The molecule has 4 heteroatoms. The first-order valence-electron chi connectivity index (χ1n) is 6.22. The molecule has 0 fully saturated rings. The van der Waals surface area contributed by atoms with Crippen molar-refractivity contribution in [2.24, 2.45) is 0 Å². The van der Waals surface area contributed by atoms with Crippen molar-refractivity contribution in [1.29, 1.82) is 0 Å². The Morgan fingerprint density at radius 3 is 2.65 bits per heavy atom. The quantitative estimate of drug-likeness (QED) is 0.784. The van der Waals surface area contributed by atoms with Gasteiger partial charge in [0.05, 0.1) is 0 Å². The lowest BCUT2D eigenvalue weighted by molar-refractivity contribution is 0.0992. The van der Waals surface area contributed by atoms with Crippen LogP contribution in [0, 0.1) is 5.82 Å². The molecule has 0 unspecified atom stereocenters. The van der Waals surface area contributed by atoms with Crippen LogP contribution < -0.4 is 4.90 Å². The van der Waals surface area contributed by atoms with Crippen LogP contribution in [0.3, 0.4) is 0 Å². The summed E-state index contributed by atoms with van der Waals surface area (Å²) in [6, 6.07) is 12.0. The molecule has 0 aromatic heterocycles. The standard InChI is InChI=1S/C16H15BrFNO/c1-19(2)14-5-3-4-11(9-14)16(20)10-12-8-13(17)6-7-15(12)18/h3-9H,10H2,1-2H3. The van der Waals surface area contributed by atoms with Gasteiger partial charge < -0.3 is 4.90 Å². The molecule has 0 heterocycles. The fourth-order valence-electron chi connectivity index (χ4n) is 1.91. The highest BCUT2D eigenvalue weighted by atomic mass is 79.9. The van der Waals surface area contributed by atoms with Crippen molar-refractivity contribution >= 4 is 27.4 Å². The van der Waals surface area contributed by atoms with Gasteiger partial charge in [0, 0.05) is 36.2 Å². The van der Waals surface area contributed by atoms with Crippen LogP contribution >= 0.6 is 15.9 Å².